The fraction of sp³-hybridized carbons (Fsp3) is 0.286. The van der Waals surface area contributed by atoms with Crippen LogP contribution in [-0.2, 0) is 6.42 Å². The van der Waals surface area contributed by atoms with Crippen molar-refractivity contribution < 1.29 is 9.18 Å². The normalized spacial score (nSPS) is 14.4. The van der Waals surface area contributed by atoms with E-state index in [9.17, 15) is 9.18 Å². The Labute approximate surface area is 98.5 Å². The van der Waals surface area contributed by atoms with Crippen LogP contribution in [0.2, 0.25) is 0 Å². The molecule has 0 fully saturated rings. The van der Waals surface area contributed by atoms with E-state index in [0.29, 0.717) is 17.6 Å². The first-order chi connectivity index (χ1) is 8.08. The van der Waals surface area contributed by atoms with Crippen LogP contribution < -0.4 is 0 Å². The van der Waals surface area contributed by atoms with Crippen LogP contribution in [0.15, 0.2) is 12.1 Å². The lowest BCUT2D eigenvalue weighted by Gasteiger charge is -2.09. The van der Waals surface area contributed by atoms with E-state index in [1.165, 1.54) is 6.07 Å². The summed E-state index contributed by atoms with van der Waals surface area (Å²) in [7, 11) is 0. The highest BCUT2D eigenvalue weighted by Crippen LogP contribution is 2.30. The average molecular weight is 229 g/mol. The van der Waals surface area contributed by atoms with Crippen LogP contribution in [0.25, 0.3) is 10.9 Å². The third kappa shape index (κ3) is 1.38. The minimum Gasteiger partial charge on any atom is -0.292 e. The first-order valence-corrected chi connectivity index (χ1v) is 5.70. The van der Waals surface area contributed by atoms with Crippen LogP contribution in [0.3, 0.4) is 0 Å². The second-order valence-corrected chi connectivity index (χ2v) is 4.63. The third-order valence-electron chi connectivity index (χ3n) is 3.44. The monoisotopic (exact) mass is 229 g/mol. The molecule has 17 heavy (non-hydrogen) atoms. The van der Waals surface area contributed by atoms with Crippen molar-refractivity contribution in [2.24, 2.45) is 0 Å². The van der Waals surface area contributed by atoms with Crippen molar-refractivity contribution in [3.05, 3.63) is 40.3 Å². The number of hydrogen-bond donors (Lipinski definition) is 0. The lowest BCUT2D eigenvalue weighted by atomic mass is 10.0. The molecule has 0 saturated heterocycles. The van der Waals surface area contributed by atoms with E-state index in [1.54, 1.807) is 0 Å². The number of carbonyl (C=O) groups is 1. The number of aryl methyl sites for hydroxylation is 2. The summed E-state index contributed by atoms with van der Waals surface area (Å²) in [6.07, 6.45) is 1.23. The summed E-state index contributed by atoms with van der Waals surface area (Å²) < 4.78 is 13.8. The predicted molar refractivity (Wildman–Crippen MR) is 63.8 cm³/mol. The van der Waals surface area contributed by atoms with Crippen molar-refractivity contribution in [3.8, 4) is 0 Å². The Bertz CT molecular complexity index is 661. The Kier molecular flexibility index (Phi) is 2.05. The van der Waals surface area contributed by atoms with Gasteiger partial charge < -0.3 is 0 Å². The van der Waals surface area contributed by atoms with Gasteiger partial charge in [0.05, 0.1) is 0 Å². The molecule has 1 aromatic heterocycles. The molecular formula is C14H12FNO. The highest BCUT2D eigenvalue weighted by molar-refractivity contribution is 6.02. The first kappa shape index (κ1) is 10.4. The summed E-state index contributed by atoms with van der Waals surface area (Å²) in [6, 6.07) is 3.39. The van der Waals surface area contributed by atoms with Crippen molar-refractivity contribution in [2.75, 3.05) is 0 Å². The van der Waals surface area contributed by atoms with Crippen LogP contribution >= 0.6 is 0 Å². The fourth-order valence-corrected chi connectivity index (χ4v) is 2.55. The zero-order chi connectivity index (χ0) is 12.2. The standard InChI is InChI=1S/C14H12FNO/c1-7-5-10-8(2)9-3-4-12(17)14(9)16-13(10)11(15)6-7/h5-6H,3-4H2,1-2H3. The minimum atomic E-state index is -0.342. The highest BCUT2D eigenvalue weighted by Gasteiger charge is 2.25. The van der Waals surface area contributed by atoms with Gasteiger partial charge in [-0.15, -0.1) is 0 Å². The molecule has 1 aliphatic rings. The molecule has 0 N–H and O–H groups in total. The number of rotatable bonds is 0. The molecule has 2 aromatic rings. The Morgan fingerprint density at radius 1 is 1.24 bits per heavy atom. The molecule has 86 valence electrons. The van der Waals surface area contributed by atoms with E-state index in [-0.39, 0.29) is 11.6 Å². The van der Waals surface area contributed by atoms with Crippen molar-refractivity contribution in [1.29, 1.82) is 0 Å². The zero-order valence-electron chi connectivity index (χ0n) is 9.80. The van der Waals surface area contributed by atoms with Gasteiger partial charge in [0.1, 0.15) is 17.0 Å². The summed E-state index contributed by atoms with van der Waals surface area (Å²) in [5.74, 6) is -0.310. The minimum absolute atomic E-state index is 0.0324. The second-order valence-electron chi connectivity index (χ2n) is 4.63. The molecule has 0 amide bonds. The largest absolute Gasteiger partial charge is 0.292 e. The maximum absolute atomic E-state index is 13.8. The van der Waals surface area contributed by atoms with Gasteiger partial charge in [-0.3, -0.25) is 4.79 Å². The van der Waals surface area contributed by atoms with Crippen molar-refractivity contribution >= 4 is 16.7 Å². The molecule has 0 bridgehead atoms. The van der Waals surface area contributed by atoms with Gasteiger partial charge in [0.25, 0.3) is 0 Å². The molecule has 0 radical (unpaired) electrons. The molecule has 3 rings (SSSR count). The Morgan fingerprint density at radius 2 is 2.00 bits per heavy atom. The first-order valence-electron chi connectivity index (χ1n) is 5.70. The molecule has 0 aliphatic heterocycles. The fourth-order valence-electron chi connectivity index (χ4n) is 2.55. The maximum atomic E-state index is 13.8. The Balaban J connectivity index is 2.48. The van der Waals surface area contributed by atoms with E-state index in [1.807, 2.05) is 19.9 Å². The van der Waals surface area contributed by atoms with Gasteiger partial charge in [0, 0.05) is 11.8 Å². The van der Waals surface area contributed by atoms with Crippen LogP contribution in [0.1, 0.15) is 33.6 Å². The molecule has 0 unspecified atom stereocenters. The molecule has 2 nitrogen and oxygen atoms in total. The molecular weight excluding hydrogens is 217 g/mol. The van der Waals surface area contributed by atoms with Crippen LogP contribution in [0.4, 0.5) is 4.39 Å². The van der Waals surface area contributed by atoms with Crippen LogP contribution in [0, 0.1) is 19.7 Å². The number of ketones is 1. The molecule has 1 heterocycles. The molecule has 3 heteroatoms. The number of Topliss-reactive ketones (excluding diaryl/α,β-unsaturated/α-hetero) is 1. The number of aromatic nitrogens is 1. The number of benzene rings is 1. The molecule has 1 aliphatic carbocycles. The summed E-state index contributed by atoms with van der Waals surface area (Å²) in [5.41, 5.74) is 3.66. The smallest absolute Gasteiger partial charge is 0.181 e. The summed E-state index contributed by atoms with van der Waals surface area (Å²) >= 11 is 0. The van der Waals surface area contributed by atoms with Crippen molar-refractivity contribution in [2.45, 2.75) is 26.7 Å². The van der Waals surface area contributed by atoms with Crippen molar-refractivity contribution in [3.63, 3.8) is 0 Å². The third-order valence-corrected chi connectivity index (χ3v) is 3.44. The highest BCUT2D eigenvalue weighted by atomic mass is 19.1. The van der Waals surface area contributed by atoms with Gasteiger partial charge in [-0.2, -0.15) is 0 Å². The molecule has 1 aromatic carbocycles. The quantitative estimate of drug-likeness (QED) is 0.694. The van der Waals surface area contributed by atoms with E-state index < -0.39 is 0 Å². The average Bonchev–Trinajstić information content (AvgIpc) is 2.63. The number of hydrogen-bond acceptors (Lipinski definition) is 2. The van der Waals surface area contributed by atoms with E-state index in [0.717, 1.165) is 28.5 Å². The number of pyridine rings is 1. The van der Waals surface area contributed by atoms with Crippen molar-refractivity contribution in [1.82, 2.24) is 4.98 Å². The van der Waals surface area contributed by atoms with E-state index in [4.69, 9.17) is 0 Å². The number of fused-ring (bicyclic) bond motifs is 2. The van der Waals surface area contributed by atoms with Gasteiger partial charge in [0.2, 0.25) is 0 Å². The van der Waals surface area contributed by atoms with Gasteiger partial charge in [-0.25, -0.2) is 9.37 Å². The Hall–Kier alpha value is -1.77. The lowest BCUT2D eigenvalue weighted by Crippen LogP contribution is -2.00. The molecule has 0 saturated carbocycles. The van der Waals surface area contributed by atoms with Gasteiger partial charge in [0.15, 0.2) is 5.78 Å². The van der Waals surface area contributed by atoms with E-state index >= 15 is 0 Å². The summed E-state index contributed by atoms with van der Waals surface area (Å²) in [4.78, 5) is 15.9. The van der Waals surface area contributed by atoms with Crippen LogP contribution in [-0.4, -0.2) is 10.8 Å². The SMILES string of the molecule is Cc1cc(F)c2nc3c(c(C)c2c1)CCC3=O. The number of nitrogens with zero attached hydrogens (tertiary/aromatic N) is 1. The summed E-state index contributed by atoms with van der Waals surface area (Å²) in [5, 5.41) is 0.830. The Morgan fingerprint density at radius 3 is 2.76 bits per heavy atom. The zero-order valence-corrected chi connectivity index (χ0v) is 9.80. The molecule has 0 atom stereocenters. The van der Waals surface area contributed by atoms with Gasteiger partial charge in [-0.05, 0) is 49.1 Å². The van der Waals surface area contributed by atoms with Gasteiger partial charge >= 0.3 is 0 Å². The van der Waals surface area contributed by atoms with E-state index in [2.05, 4.69) is 4.98 Å². The maximum Gasteiger partial charge on any atom is 0.181 e. The predicted octanol–water partition coefficient (Wildman–Crippen LogP) is 3.12. The lowest BCUT2D eigenvalue weighted by molar-refractivity contribution is 0.0990. The van der Waals surface area contributed by atoms with Crippen LogP contribution in [0.5, 0.6) is 0 Å². The molecule has 0 spiro atoms. The number of halogens is 1. The van der Waals surface area contributed by atoms with Gasteiger partial charge in [-0.1, -0.05) is 0 Å². The topological polar surface area (TPSA) is 30.0 Å². The second kappa shape index (κ2) is 3.36. The summed E-state index contributed by atoms with van der Waals surface area (Å²) in [6.45, 7) is 3.81. The number of carbonyl (C=O) groups excluding carboxylic acids is 1.